The Balaban J connectivity index is 1.69. The fourth-order valence-electron chi connectivity index (χ4n) is 2.74. The van der Waals surface area contributed by atoms with E-state index in [1.54, 1.807) is 0 Å². The molecule has 1 aromatic rings. The van der Waals surface area contributed by atoms with Crippen molar-refractivity contribution in [1.29, 1.82) is 0 Å². The molecule has 0 unspecified atom stereocenters. The summed E-state index contributed by atoms with van der Waals surface area (Å²) in [5.41, 5.74) is 1.27. The Hall–Kier alpha value is -1.59. The van der Waals surface area contributed by atoms with Crippen molar-refractivity contribution >= 4 is 5.91 Å². The molecule has 24 heavy (non-hydrogen) atoms. The molecule has 0 saturated carbocycles. The molecule has 0 spiro atoms. The van der Waals surface area contributed by atoms with Gasteiger partial charge >= 0.3 is 0 Å². The van der Waals surface area contributed by atoms with Crippen LogP contribution in [0.15, 0.2) is 24.3 Å². The van der Waals surface area contributed by atoms with Crippen molar-refractivity contribution in [2.75, 3.05) is 39.4 Å². The Kier molecular flexibility index (Phi) is 8.05. The number of carbonyl (C=O) groups excluding carboxylic acids is 1. The monoisotopic (exact) mass is 334 g/mol. The molecule has 1 amide bonds. The number of nitrogens with one attached hydrogen (secondary N) is 1. The quantitative estimate of drug-likeness (QED) is 0.704. The third kappa shape index (κ3) is 6.13. The SMILES string of the molecule is CCc1ccc(O[C@@H](CC)C(=O)NCCCN2CCOCC2)cc1. The van der Waals surface area contributed by atoms with Gasteiger partial charge in [-0.2, -0.15) is 0 Å². The van der Waals surface area contributed by atoms with E-state index in [2.05, 4.69) is 17.1 Å². The van der Waals surface area contributed by atoms with Gasteiger partial charge in [-0.3, -0.25) is 9.69 Å². The molecule has 0 aliphatic carbocycles. The molecule has 1 atom stereocenters. The number of rotatable bonds is 9. The topological polar surface area (TPSA) is 50.8 Å². The fourth-order valence-corrected chi connectivity index (χ4v) is 2.74. The van der Waals surface area contributed by atoms with E-state index in [0.29, 0.717) is 13.0 Å². The molecule has 1 aliphatic heterocycles. The highest BCUT2D eigenvalue weighted by molar-refractivity contribution is 5.81. The third-order valence-electron chi connectivity index (χ3n) is 4.33. The van der Waals surface area contributed by atoms with Crippen molar-refractivity contribution < 1.29 is 14.3 Å². The number of hydrogen-bond acceptors (Lipinski definition) is 4. The second-order valence-corrected chi connectivity index (χ2v) is 6.11. The van der Waals surface area contributed by atoms with Crippen LogP contribution in [0.25, 0.3) is 0 Å². The molecule has 1 heterocycles. The number of ether oxygens (including phenoxy) is 2. The van der Waals surface area contributed by atoms with E-state index in [0.717, 1.165) is 51.4 Å². The average Bonchev–Trinajstić information content (AvgIpc) is 2.64. The van der Waals surface area contributed by atoms with Crippen LogP contribution in [0, 0.1) is 0 Å². The highest BCUT2D eigenvalue weighted by Crippen LogP contribution is 2.15. The maximum Gasteiger partial charge on any atom is 0.261 e. The van der Waals surface area contributed by atoms with Crippen LogP contribution in [-0.4, -0.2) is 56.3 Å². The Morgan fingerprint density at radius 3 is 2.58 bits per heavy atom. The highest BCUT2D eigenvalue weighted by atomic mass is 16.5. The molecule has 134 valence electrons. The van der Waals surface area contributed by atoms with Gasteiger partial charge in [-0.05, 0) is 43.5 Å². The Morgan fingerprint density at radius 2 is 1.96 bits per heavy atom. The van der Waals surface area contributed by atoms with Crippen molar-refractivity contribution in [3.05, 3.63) is 29.8 Å². The lowest BCUT2D eigenvalue weighted by Crippen LogP contribution is -2.41. The largest absolute Gasteiger partial charge is 0.481 e. The van der Waals surface area contributed by atoms with E-state index in [9.17, 15) is 4.79 Å². The summed E-state index contributed by atoms with van der Waals surface area (Å²) in [6, 6.07) is 7.96. The second kappa shape index (κ2) is 10.3. The molecular formula is C19H30N2O3. The normalized spacial score (nSPS) is 16.6. The van der Waals surface area contributed by atoms with Gasteiger partial charge in [0.05, 0.1) is 13.2 Å². The lowest BCUT2D eigenvalue weighted by Gasteiger charge is -2.26. The lowest BCUT2D eigenvalue weighted by atomic mass is 10.1. The zero-order chi connectivity index (χ0) is 17.2. The molecule has 1 saturated heterocycles. The fraction of sp³-hybridized carbons (Fsp3) is 0.632. The van der Waals surface area contributed by atoms with E-state index >= 15 is 0 Å². The van der Waals surface area contributed by atoms with E-state index in [1.165, 1.54) is 5.56 Å². The van der Waals surface area contributed by atoms with Gasteiger partial charge in [-0.25, -0.2) is 0 Å². The van der Waals surface area contributed by atoms with Crippen molar-refractivity contribution in [3.8, 4) is 5.75 Å². The molecule has 1 N–H and O–H groups in total. The smallest absolute Gasteiger partial charge is 0.261 e. The summed E-state index contributed by atoms with van der Waals surface area (Å²) in [5.74, 6) is 0.724. The molecule has 5 nitrogen and oxygen atoms in total. The van der Waals surface area contributed by atoms with Crippen LogP contribution in [0.4, 0.5) is 0 Å². The summed E-state index contributed by atoms with van der Waals surface area (Å²) in [4.78, 5) is 14.7. The maximum atomic E-state index is 12.3. The van der Waals surface area contributed by atoms with Crippen molar-refractivity contribution in [1.82, 2.24) is 10.2 Å². The second-order valence-electron chi connectivity index (χ2n) is 6.11. The average molecular weight is 334 g/mol. The summed E-state index contributed by atoms with van der Waals surface area (Å²) >= 11 is 0. The van der Waals surface area contributed by atoms with Crippen molar-refractivity contribution in [2.45, 2.75) is 39.2 Å². The first-order chi connectivity index (χ1) is 11.7. The van der Waals surface area contributed by atoms with Crippen molar-refractivity contribution in [2.24, 2.45) is 0 Å². The van der Waals surface area contributed by atoms with Crippen LogP contribution in [0.1, 0.15) is 32.3 Å². The minimum absolute atomic E-state index is 0.0287. The Labute approximate surface area is 145 Å². The summed E-state index contributed by atoms with van der Waals surface area (Å²) < 4.78 is 11.2. The predicted molar refractivity (Wildman–Crippen MR) is 95.4 cm³/mol. The number of aryl methyl sites for hydroxylation is 1. The molecule has 0 bridgehead atoms. The molecule has 0 radical (unpaired) electrons. The predicted octanol–water partition coefficient (Wildman–Crippen LogP) is 2.24. The molecule has 1 aromatic carbocycles. The Bertz CT molecular complexity index is 484. The molecular weight excluding hydrogens is 304 g/mol. The van der Waals surface area contributed by atoms with Gasteiger partial charge < -0.3 is 14.8 Å². The van der Waals surface area contributed by atoms with Gasteiger partial charge in [0, 0.05) is 19.6 Å². The molecule has 5 heteroatoms. The van der Waals surface area contributed by atoms with Crippen LogP contribution >= 0.6 is 0 Å². The molecule has 1 aliphatic rings. The van der Waals surface area contributed by atoms with Gasteiger partial charge in [0.2, 0.25) is 0 Å². The van der Waals surface area contributed by atoms with Crippen LogP contribution in [0.3, 0.4) is 0 Å². The van der Waals surface area contributed by atoms with Crippen LogP contribution in [0.5, 0.6) is 5.75 Å². The Morgan fingerprint density at radius 1 is 1.25 bits per heavy atom. The van der Waals surface area contributed by atoms with E-state index in [1.807, 2.05) is 31.2 Å². The van der Waals surface area contributed by atoms with Crippen molar-refractivity contribution in [3.63, 3.8) is 0 Å². The van der Waals surface area contributed by atoms with Gasteiger partial charge in [-0.1, -0.05) is 26.0 Å². The van der Waals surface area contributed by atoms with Crippen LogP contribution in [-0.2, 0) is 16.0 Å². The number of benzene rings is 1. The van der Waals surface area contributed by atoms with Crippen LogP contribution in [0.2, 0.25) is 0 Å². The molecule has 1 fully saturated rings. The standard InChI is InChI=1S/C19H30N2O3/c1-3-16-6-8-17(9-7-16)24-18(4-2)19(22)20-10-5-11-21-12-14-23-15-13-21/h6-9,18H,3-5,10-15H2,1-2H3,(H,20,22)/t18-/m0/s1. The van der Waals surface area contributed by atoms with Gasteiger partial charge in [-0.15, -0.1) is 0 Å². The van der Waals surface area contributed by atoms with E-state index < -0.39 is 6.10 Å². The van der Waals surface area contributed by atoms with E-state index in [-0.39, 0.29) is 5.91 Å². The summed E-state index contributed by atoms with van der Waals surface area (Å²) in [7, 11) is 0. The first-order valence-electron chi connectivity index (χ1n) is 9.06. The number of amides is 1. The first-order valence-corrected chi connectivity index (χ1v) is 9.06. The number of morpholine rings is 1. The molecule has 2 rings (SSSR count). The maximum absolute atomic E-state index is 12.3. The number of hydrogen-bond donors (Lipinski definition) is 1. The third-order valence-corrected chi connectivity index (χ3v) is 4.33. The zero-order valence-corrected chi connectivity index (χ0v) is 14.9. The van der Waals surface area contributed by atoms with Gasteiger partial charge in [0.25, 0.3) is 5.91 Å². The first kappa shape index (κ1) is 18.7. The number of nitrogens with zero attached hydrogens (tertiary/aromatic N) is 1. The lowest BCUT2D eigenvalue weighted by molar-refractivity contribution is -0.128. The van der Waals surface area contributed by atoms with Crippen LogP contribution < -0.4 is 10.1 Å². The molecule has 0 aromatic heterocycles. The minimum Gasteiger partial charge on any atom is -0.481 e. The van der Waals surface area contributed by atoms with E-state index in [4.69, 9.17) is 9.47 Å². The zero-order valence-electron chi connectivity index (χ0n) is 14.9. The number of carbonyl (C=O) groups is 1. The summed E-state index contributed by atoms with van der Waals surface area (Å²) in [6.45, 7) is 9.38. The highest BCUT2D eigenvalue weighted by Gasteiger charge is 2.18. The summed E-state index contributed by atoms with van der Waals surface area (Å²) in [5, 5.41) is 2.99. The minimum atomic E-state index is -0.430. The summed E-state index contributed by atoms with van der Waals surface area (Å²) in [6.07, 6.45) is 2.18. The van der Waals surface area contributed by atoms with Gasteiger partial charge in [0.15, 0.2) is 6.10 Å². The van der Waals surface area contributed by atoms with Gasteiger partial charge in [0.1, 0.15) is 5.75 Å².